The van der Waals surface area contributed by atoms with Gasteiger partial charge in [0.25, 0.3) is 5.91 Å². The first-order valence-corrected chi connectivity index (χ1v) is 10.6. The minimum Gasteiger partial charge on any atom is -0.492 e. The van der Waals surface area contributed by atoms with E-state index in [1.54, 1.807) is 12.1 Å². The number of aliphatic hydroxyl groups excluding tert-OH is 1. The van der Waals surface area contributed by atoms with Crippen LogP contribution >= 0.6 is 11.6 Å². The Morgan fingerprint density at radius 3 is 2.68 bits per heavy atom. The van der Waals surface area contributed by atoms with Crippen LogP contribution in [0.2, 0.25) is 5.02 Å². The number of fused-ring (bicyclic) bond motifs is 2. The highest BCUT2D eigenvalue weighted by molar-refractivity contribution is 6.31. The average molecular weight is 445 g/mol. The maximum Gasteiger partial charge on any atom is 0.254 e. The van der Waals surface area contributed by atoms with Gasteiger partial charge >= 0.3 is 0 Å². The third kappa shape index (κ3) is 4.39. The number of nitrogens with two attached hydrogens (primary N) is 1. The lowest BCUT2D eigenvalue weighted by molar-refractivity contribution is -0.123. The Balaban J connectivity index is 1.46. The van der Waals surface area contributed by atoms with Gasteiger partial charge in [0.1, 0.15) is 24.7 Å². The predicted octanol–water partition coefficient (Wildman–Crippen LogP) is 2.31. The molecule has 1 spiro atoms. The topological polar surface area (TPSA) is 102 Å². The van der Waals surface area contributed by atoms with Crippen molar-refractivity contribution in [1.29, 1.82) is 0 Å². The van der Waals surface area contributed by atoms with E-state index in [9.17, 15) is 9.59 Å². The second-order valence-electron chi connectivity index (χ2n) is 8.06. The molecule has 0 bridgehead atoms. The number of ketones is 1. The van der Waals surface area contributed by atoms with Crippen LogP contribution in [-0.4, -0.2) is 54.6 Å². The molecule has 0 aromatic heterocycles. The van der Waals surface area contributed by atoms with Gasteiger partial charge in [-0.25, -0.2) is 0 Å². The number of aliphatic hydroxyl groups is 1. The monoisotopic (exact) mass is 444 g/mol. The smallest absolute Gasteiger partial charge is 0.254 e. The lowest BCUT2D eigenvalue weighted by Crippen LogP contribution is -2.46. The zero-order valence-corrected chi connectivity index (χ0v) is 17.9. The fourth-order valence-electron chi connectivity index (χ4n) is 4.25. The number of halogens is 1. The molecule has 7 nitrogen and oxygen atoms in total. The van der Waals surface area contributed by atoms with E-state index in [0.29, 0.717) is 42.6 Å². The Labute approximate surface area is 185 Å². The molecular weight excluding hydrogens is 420 g/mol. The largest absolute Gasteiger partial charge is 0.492 e. The maximum absolute atomic E-state index is 13.1. The lowest BCUT2D eigenvalue weighted by atomic mass is 9.74. The van der Waals surface area contributed by atoms with Crippen LogP contribution in [-0.2, 0) is 16.8 Å². The quantitative estimate of drug-likeness (QED) is 0.708. The molecule has 8 heteroatoms. The van der Waals surface area contributed by atoms with Crippen molar-refractivity contribution < 1.29 is 24.2 Å². The summed E-state index contributed by atoms with van der Waals surface area (Å²) in [6, 6.07) is 10.8. The number of hydrogen-bond acceptors (Lipinski definition) is 6. The van der Waals surface area contributed by atoms with Gasteiger partial charge in [0.15, 0.2) is 5.78 Å². The van der Waals surface area contributed by atoms with Crippen molar-refractivity contribution >= 4 is 23.3 Å². The van der Waals surface area contributed by atoms with Gasteiger partial charge in [0.2, 0.25) is 0 Å². The number of carbonyl (C=O) groups excluding carboxylic acids is 2. The lowest BCUT2D eigenvalue weighted by Gasteiger charge is -2.38. The van der Waals surface area contributed by atoms with Crippen molar-refractivity contribution in [2.75, 3.05) is 32.9 Å². The molecule has 2 heterocycles. The molecule has 1 saturated heterocycles. The summed E-state index contributed by atoms with van der Waals surface area (Å²) in [6.45, 7) is 1.42. The fraction of sp³-hybridized carbons (Fsp3) is 0.391. The minimum absolute atomic E-state index is 0.0927. The van der Waals surface area contributed by atoms with Crippen LogP contribution in [0.4, 0.5) is 0 Å². The molecule has 164 valence electrons. The van der Waals surface area contributed by atoms with E-state index in [2.05, 4.69) is 6.07 Å². The molecular formula is C23H25ClN2O5. The average Bonchev–Trinajstić information content (AvgIpc) is 3.14. The van der Waals surface area contributed by atoms with E-state index in [1.807, 2.05) is 17.0 Å². The zero-order chi connectivity index (χ0) is 22.0. The molecule has 0 atom stereocenters. The number of likely N-dealkylation sites (tertiary alicyclic amines) is 1. The van der Waals surface area contributed by atoms with Gasteiger partial charge in [-0.3, -0.25) is 9.59 Å². The molecule has 1 fully saturated rings. The van der Waals surface area contributed by atoms with Crippen molar-refractivity contribution in [1.82, 2.24) is 4.90 Å². The highest BCUT2D eigenvalue weighted by atomic mass is 35.5. The Bertz CT molecular complexity index is 1000. The number of ether oxygens (including phenoxy) is 2. The molecule has 0 radical (unpaired) electrons. The third-order valence-corrected chi connectivity index (χ3v) is 6.28. The van der Waals surface area contributed by atoms with Crippen molar-refractivity contribution in [3.05, 3.63) is 58.1 Å². The minimum atomic E-state index is -0.596. The van der Waals surface area contributed by atoms with Crippen LogP contribution in [0.15, 0.2) is 36.4 Å². The van der Waals surface area contributed by atoms with Gasteiger partial charge in [-0.15, -0.1) is 0 Å². The summed E-state index contributed by atoms with van der Waals surface area (Å²) >= 11 is 6.15. The Hall–Kier alpha value is -2.61. The van der Waals surface area contributed by atoms with E-state index >= 15 is 0 Å². The first kappa shape index (κ1) is 21.6. The zero-order valence-electron chi connectivity index (χ0n) is 17.1. The molecule has 0 aliphatic carbocycles. The molecule has 2 aliphatic rings. The molecule has 2 aromatic rings. The number of benzene rings is 2. The second-order valence-corrected chi connectivity index (χ2v) is 8.49. The summed E-state index contributed by atoms with van der Waals surface area (Å²) in [6.07, 6.45) is 1.60. The first-order valence-electron chi connectivity index (χ1n) is 10.3. The van der Waals surface area contributed by atoms with Gasteiger partial charge in [0, 0.05) is 41.2 Å². The predicted molar refractivity (Wildman–Crippen MR) is 116 cm³/mol. The van der Waals surface area contributed by atoms with Crippen LogP contribution in [0.3, 0.4) is 0 Å². The molecule has 2 aromatic carbocycles. The summed E-state index contributed by atoms with van der Waals surface area (Å²) in [5.74, 6) is 0.640. The van der Waals surface area contributed by atoms with Crippen LogP contribution in [0.5, 0.6) is 11.5 Å². The van der Waals surface area contributed by atoms with Crippen molar-refractivity contribution in [2.24, 2.45) is 5.73 Å². The molecule has 1 amide bonds. The number of amides is 1. The number of hydrogen-bond donors (Lipinski definition) is 2. The Morgan fingerprint density at radius 1 is 1.19 bits per heavy atom. The van der Waals surface area contributed by atoms with Gasteiger partial charge in [0.05, 0.1) is 6.61 Å². The Morgan fingerprint density at radius 2 is 1.97 bits per heavy atom. The number of carbonyl (C=O) groups is 2. The van der Waals surface area contributed by atoms with Gasteiger partial charge in [-0.1, -0.05) is 23.7 Å². The normalized spacial score (nSPS) is 16.7. The van der Waals surface area contributed by atoms with E-state index < -0.39 is 12.4 Å². The SMILES string of the molecule is NCc1ccc2c(c1)C1(CCN(C(=O)c3cc(Cl)cc(OCC(=O)CO)c3)CC1)CO2. The van der Waals surface area contributed by atoms with Gasteiger partial charge in [-0.2, -0.15) is 0 Å². The van der Waals surface area contributed by atoms with Crippen molar-refractivity contribution in [3.8, 4) is 11.5 Å². The Kier molecular flexibility index (Phi) is 6.18. The first-order chi connectivity index (χ1) is 14.9. The van der Waals surface area contributed by atoms with Crippen LogP contribution < -0.4 is 15.2 Å². The van der Waals surface area contributed by atoms with Gasteiger partial charge < -0.3 is 25.2 Å². The molecule has 2 aliphatic heterocycles. The standard InChI is InChI=1S/C23H25ClN2O5/c24-17-8-16(9-19(10-17)30-13-18(28)12-27)22(29)26-5-3-23(4-6-26)14-31-21-2-1-15(11-25)7-20(21)23/h1-2,7-10,27H,3-6,11-14,25H2. The van der Waals surface area contributed by atoms with Crippen molar-refractivity contribution in [3.63, 3.8) is 0 Å². The molecule has 0 unspecified atom stereocenters. The third-order valence-electron chi connectivity index (χ3n) is 6.06. The van der Waals surface area contributed by atoms with E-state index in [1.165, 1.54) is 11.6 Å². The molecule has 3 N–H and O–H groups in total. The highest BCUT2D eigenvalue weighted by Crippen LogP contribution is 2.46. The highest BCUT2D eigenvalue weighted by Gasteiger charge is 2.44. The summed E-state index contributed by atoms with van der Waals surface area (Å²) in [4.78, 5) is 26.2. The summed E-state index contributed by atoms with van der Waals surface area (Å²) in [7, 11) is 0. The number of piperidine rings is 1. The fourth-order valence-corrected chi connectivity index (χ4v) is 4.48. The van der Waals surface area contributed by atoms with Crippen LogP contribution in [0.25, 0.3) is 0 Å². The van der Waals surface area contributed by atoms with E-state index in [4.69, 9.17) is 31.9 Å². The number of Topliss-reactive ketones (excluding diaryl/α,β-unsaturated/α-hetero) is 1. The molecule has 4 rings (SSSR count). The van der Waals surface area contributed by atoms with Gasteiger partial charge in [-0.05, 0) is 42.7 Å². The van der Waals surface area contributed by atoms with E-state index in [0.717, 1.165) is 24.2 Å². The van der Waals surface area contributed by atoms with E-state index in [-0.39, 0.29) is 17.9 Å². The number of nitrogens with zero attached hydrogens (tertiary/aromatic N) is 1. The van der Waals surface area contributed by atoms with Crippen LogP contribution in [0.1, 0.15) is 34.3 Å². The molecule has 0 saturated carbocycles. The summed E-state index contributed by atoms with van der Waals surface area (Å²) in [5.41, 5.74) is 8.39. The van der Waals surface area contributed by atoms with Crippen molar-refractivity contribution in [2.45, 2.75) is 24.8 Å². The second kappa shape index (κ2) is 8.86. The molecule has 31 heavy (non-hydrogen) atoms. The summed E-state index contributed by atoms with van der Waals surface area (Å²) < 4.78 is 11.3. The van der Waals surface area contributed by atoms with Crippen LogP contribution in [0, 0.1) is 0 Å². The summed E-state index contributed by atoms with van der Waals surface area (Å²) in [5, 5.41) is 9.17. The number of rotatable bonds is 6. The maximum atomic E-state index is 13.1.